The molecule has 0 atom stereocenters. The molecule has 5 aromatic carbocycles. The Morgan fingerprint density at radius 2 is 0.636 bits per heavy atom. The third-order valence-electron chi connectivity index (χ3n) is 7.42. The summed E-state index contributed by atoms with van der Waals surface area (Å²) in [7, 11) is 0. The molecule has 210 valence electrons. The first-order chi connectivity index (χ1) is 21.7. The molecule has 0 aliphatic heterocycles. The van der Waals surface area contributed by atoms with Crippen molar-refractivity contribution in [1.82, 2.24) is 9.97 Å². The van der Waals surface area contributed by atoms with Gasteiger partial charge < -0.3 is 0 Å². The molecule has 0 saturated carbocycles. The summed E-state index contributed by atoms with van der Waals surface area (Å²) >= 11 is 0. The van der Waals surface area contributed by atoms with E-state index in [0.717, 1.165) is 33.5 Å². The number of nitrogens with zero attached hydrogens (tertiary/aromatic N) is 4. The van der Waals surface area contributed by atoms with Gasteiger partial charge in [-0.15, -0.1) is 0 Å². The molecule has 6 nitrogen and oxygen atoms in total. The summed E-state index contributed by atoms with van der Waals surface area (Å²) in [6.45, 7) is 0. The van der Waals surface area contributed by atoms with Crippen LogP contribution >= 0.6 is 0 Å². The van der Waals surface area contributed by atoms with E-state index in [4.69, 9.17) is 9.97 Å². The Kier molecular flexibility index (Phi) is 7.06. The first kappa shape index (κ1) is 26.7. The maximum Gasteiger partial charge on any atom is 0.281 e. The van der Waals surface area contributed by atoms with Crippen molar-refractivity contribution >= 4 is 56.4 Å². The van der Waals surface area contributed by atoms with Gasteiger partial charge in [-0.3, -0.25) is 19.4 Å². The highest BCUT2D eigenvalue weighted by Crippen LogP contribution is 2.30. The summed E-state index contributed by atoms with van der Waals surface area (Å²) in [6.07, 6.45) is 0. The number of pyridine rings is 2. The van der Waals surface area contributed by atoms with Gasteiger partial charge in [-0.25, -0.2) is 9.97 Å². The molecule has 0 fully saturated rings. The fourth-order valence-corrected chi connectivity index (χ4v) is 5.31. The fourth-order valence-electron chi connectivity index (χ4n) is 5.31. The minimum Gasteiger partial charge on any atom is -0.276 e. The molecule has 0 bridgehead atoms. The number of aromatic nitrogens is 2. The fraction of sp³-hybridized carbons (Fsp3) is 0. The minimum atomic E-state index is -0.270. The Morgan fingerprint density at radius 3 is 0.932 bits per heavy atom. The van der Waals surface area contributed by atoms with Crippen LogP contribution in [0.3, 0.4) is 0 Å². The van der Waals surface area contributed by atoms with Crippen molar-refractivity contribution in [2.75, 3.05) is 9.80 Å². The molecule has 2 aromatic heterocycles. The maximum atomic E-state index is 14.1. The average molecular weight is 571 g/mol. The number of fused-ring (bicyclic) bond motifs is 3. The maximum absolute atomic E-state index is 14.1. The Bertz CT molecular complexity index is 1870. The second-order valence-corrected chi connectivity index (χ2v) is 10.2. The standard InChI is InChI=1S/C38H26N4O2/c43-37(41(29-13-5-1-6-14-29)30-15-7-2-8-16-30)33-25-23-27-21-22-28-24-26-34(40-36(28)35(27)39-33)38(44)42(31-17-9-3-10-18-31)32-19-11-4-12-20-32/h1-26H. The molecule has 0 N–H and O–H groups in total. The predicted molar refractivity (Wildman–Crippen MR) is 176 cm³/mol. The molecule has 2 amide bonds. The summed E-state index contributed by atoms with van der Waals surface area (Å²) < 4.78 is 0. The van der Waals surface area contributed by atoms with E-state index in [1.54, 1.807) is 21.9 Å². The third-order valence-corrected chi connectivity index (χ3v) is 7.42. The number of amides is 2. The van der Waals surface area contributed by atoms with Gasteiger partial charge in [-0.1, -0.05) is 97.1 Å². The minimum absolute atomic E-state index is 0.270. The number of hydrogen-bond acceptors (Lipinski definition) is 4. The highest BCUT2D eigenvalue weighted by Gasteiger charge is 2.23. The van der Waals surface area contributed by atoms with Crippen LogP contribution in [0.15, 0.2) is 158 Å². The first-order valence-electron chi connectivity index (χ1n) is 14.3. The highest BCUT2D eigenvalue weighted by molar-refractivity contribution is 6.14. The topological polar surface area (TPSA) is 66.4 Å². The van der Waals surface area contributed by atoms with Crippen molar-refractivity contribution in [3.63, 3.8) is 0 Å². The number of carbonyl (C=O) groups is 2. The van der Waals surface area contributed by atoms with E-state index >= 15 is 0 Å². The van der Waals surface area contributed by atoms with Crippen LogP contribution in [0.2, 0.25) is 0 Å². The zero-order valence-corrected chi connectivity index (χ0v) is 23.6. The molecule has 7 aromatic rings. The van der Waals surface area contributed by atoms with Crippen LogP contribution in [0.25, 0.3) is 21.8 Å². The number of carbonyl (C=O) groups excluding carboxylic acids is 2. The van der Waals surface area contributed by atoms with Crippen molar-refractivity contribution in [2.45, 2.75) is 0 Å². The number of para-hydroxylation sites is 4. The van der Waals surface area contributed by atoms with Gasteiger partial charge in [0.25, 0.3) is 11.8 Å². The van der Waals surface area contributed by atoms with Crippen LogP contribution in [0.4, 0.5) is 22.7 Å². The van der Waals surface area contributed by atoms with Crippen molar-refractivity contribution in [2.24, 2.45) is 0 Å². The molecule has 2 heterocycles. The van der Waals surface area contributed by atoms with Gasteiger partial charge >= 0.3 is 0 Å². The molecule has 0 unspecified atom stereocenters. The largest absolute Gasteiger partial charge is 0.281 e. The van der Waals surface area contributed by atoms with Gasteiger partial charge in [0.1, 0.15) is 11.4 Å². The molecule has 44 heavy (non-hydrogen) atoms. The smallest absolute Gasteiger partial charge is 0.276 e. The first-order valence-corrected chi connectivity index (χ1v) is 14.3. The Morgan fingerprint density at radius 1 is 0.364 bits per heavy atom. The van der Waals surface area contributed by atoms with Crippen LogP contribution in [-0.4, -0.2) is 21.8 Å². The zero-order chi connectivity index (χ0) is 29.9. The molecule has 0 radical (unpaired) electrons. The van der Waals surface area contributed by atoms with Crippen LogP contribution in [0.5, 0.6) is 0 Å². The van der Waals surface area contributed by atoms with E-state index in [9.17, 15) is 9.59 Å². The SMILES string of the molecule is O=C(c1ccc2ccc3ccc(C(=O)N(c4ccccc4)c4ccccc4)nc3c2n1)N(c1ccccc1)c1ccccc1. The monoisotopic (exact) mass is 570 g/mol. The molecular weight excluding hydrogens is 544 g/mol. The van der Waals surface area contributed by atoms with Crippen LogP contribution < -0.4 is 9.80 Å². The second kappa shape index (κ2) is 11.6. The van der Waals surface area contributed by atoms with Gasteiger partial charge in [-0.2, -0.15) is 0 Å². The van der Waals surface area contributed by atoms with Crippen molar-refractivity contribution in [3.05, 3.63) is 169 Å². The van der Waals surface area contributed by atoms with E-state index in [2.05, 4.69) is 0 Å². The highest BCUT2D eigenvalue weighted by atomic mass is 16.2. The summed E-state index contributed by atoms with van der Waals surface area (Å²) in [5.74, 6) is -0.541. The van der Waals surface area contributed by atoms with Crippen LogP contribution in [0.1, 0.15) is 21.0 Å². The number of anilines is 4. The van der Waals surface area contributed by atoms with E-state index in [0.29, 0.717) is 11.0 Å². The summed E-state index contributed by atoms with van der Waals surface area (Å²) in [5, 5.41) is 1.64. The third kappa shape index (κ3) is 5.05. The second-order valence-electron chi connectivity index (χ2n) is 10.2. The molecular formula is C38H26N4O2. The lowest BCUT2D eigenvalue weighted by molar-refractivity contribution is 0.0987. The molecule has 7 rings (SSSR count). The van der Waals surface area contributed by atoms with E-state index in [-0.39, 0.29) is 23.2 Å². The van der Waals surface area contributed by atoms with Crippen molar-refractivity contribution in [3.8, 4) is 0 Å². The Balaban J connectivity index is 1.34. The lowest BCUT2D eigenvalue weighted by Gasteiger charge is -2.23. The number of rotatable bonds is 6. The summed E-state index contributed by atoms with van der Waals surface area (Å²) in [6, 6.07) is 49.1. The van der Waals surface area contributed by atoms with E-state index < -0.39 is 0 Å². The average Bonchev–Trinajstić information content (AvgIpc) is 3.10. The van der Waals surface area contributed by atoms with Gasteiger partial charge in [0, 0.05) is 33.5 Å². The Labute approximate surface area is 254 Å². The van der Waals surface area contributed by atoms with Gasteiger partial charge in [-0.05, 0) is 60.7 Å². The van der Waals surface area contributed by atoms with E-state index in [1.807, 2.05) is 146 Å². The van der Waals surface area contributed by atoms with Gasteiger partial charge in [0.15, 0.2) is 0 Å². The van der Waals surface area contributed by atoms with E-state index in [1.165, 1.54) is 0 Å². The molecule has 0 aliphatic rings. The normalized spacial score (nSPS) is 10.9. The lowest BCUT2D eigenvalue weighted by atomic mass is 10.1. The van der Waals surface area contributed by atoms with Crippen molar-refractivity contribution < 1.29 is 9.59 Å². The Hall–Kier alpha value is -6.14. The predicted octanol–water partition coefficient (Wildman–Crippen LogP) is 8.74. The number of benzene rings is 5. The molecule has 0 aliphatic carbocycles. The van der Waals surface area contributed by atoms with Crippen molar-refractivity contribution in [1.29, 1.82) is 0 Å². The van der Waals surface area contributed by atoms with Crippen LogP contribution in [0, 0.1) is 0 Å². The number of hydrogen-bond donors (Lipinski definition) is 0. The lowest BCUT2D eigenvalue weighted by Crippen LogP contribution is -2.27. The molecule has 0 spiro atoms. The zero-order valence-electron chi connectivity index (χ0n) is 23.6. The van der Waals surface area contributed by atoms with Gasteiger partial charge in [0.2, 0.25) is 0 Å². The summed E-state index contributed by atoms with van der Waals surface area (Å²) in [5.41, 5.74) is 4.57. The molecule has 6 heteroatoms. The van der Waals surface area contributed by atoms with Gasteiger partial charge in [0.05, 0.1) is 11.0 Å². The summed E-state index contributed by atoms with van der Waals surface area (Å²) in [4.78, 5) is 41.2. The molecule has 0 saturated heterocycles. The quantitative estimate of drug-likeness (QED) is 0.188. The van der Waals surface area contributed by atoms with Crippen LogP contribution in [-0.2, 0) is 0 Å².